The van der Waals surface area contributed by atoms with Crippen molar-refractivity contribution in [3.63, 3.8) is 0 Å². The van der Waals surface area contributed by atoms with E-state index in [0.29, 0.717) is 5.56 Å². The molecule has 2 aromatic rings. The van der Waals surface area contributed by atoms with Crippen molar-refractivity contribution in [1.82, 2.24) is 4.90 Å². The van der Waals surface area contributed by atoms with Gasteiger partial charge in [-0.1, -0.05) is 55.5 Å². The monoisotopic (exact) mass is 385 g/mol. The molecule has 0 aromatic heterocycles. The maximum Gasteiger partial charge on any atom is 0.270 e. The van der Waals surface area contributed by atoms with Gasteiger partial charge in [-0.2, -0.15) is 0 Å². The third-order valence-corrected chi connectivity index (χ3v) is 5.50. The van der Waals surface area contributed by atoms with Crippen LogP contribution in [0, 0.1) is 0 Å². The predicted molar refractivity (Wildman–Crippen MR) is 106 cm³/mol. The molecule has 0 saturated carbocycles. The van der Waals surface area contributed by atoms with Crippen molar-refractivity contribution in [1.29, 1.82) is 0 Å². The molecule has 148 valence electrons. The summed E-state index contributed by atoms with van der Waals surface area (Å²) in [4.78, 5) is 19.2. The molecule has 0 saturated heterocycles. The first kappa shape index (κ1) is 20.0. The Morgan fingerprint density at radius 3 is 2.43 bits per heavy atom. The van der Waals surface area contributed by atoms with Crippen LogP contribution in [-0.2, 0) is 22.7 Å². The molecule has 4 nitrogen and oxygen atoms in total. The smallest absolute Gasteiger partial charge is 0.270 e. The molecule has 28 heavy (non-hydrogen) atoms. The Labute approximate surface area is 164 Å². The zero-order valence-electron chi connectivity index (χ0n) is 16.5. The van der Waals surface area contributed by atoms with Gasteiger partial charge in [-0.15, -0.1) is 0 Å². The minimum absolute atomic E-state index is 0.0921. The number of amides is 1. The van der Waals surface area contributed by atoms with Gasteiger partial charge in [-0.05, 0) is 30.0 Å². The summed E-state index contributed by atoms with van der Waals surface area (Å²) in [6.07, 6.45) is 0.849. The predicted octanol–water partition coefficient (Wildman–Crippen LogP) is 4.15. The lowest BCUT2D eigenvalue weighted by Crippen LogP contribution is -2.52. The fourth-order valence-electron chi connectivity index (χ4n) is 3.70. The van der Waals surface area contributed by atoms with Gasteiger partial charge in [0.15, 0.2) is 5.96 Å². The number of guanidine groups is 1. The zero-order valence-corrected chi connectivity index (χ0v) is 16.5. The van der Waals surface area contributed by atoms with Crippen LogP contribution in [0.15, 0.2) is 53.5 Å². The summed E-state index contributed by atoms with van der Waals surface area (Å²) in [7, 11) is 1.57. The molecule has 2 atom stereocenters. The average Bonchev–Trinajstić information content (AvgIpc) is 2.66. The highest BCUT2D eigenvalue weighted by Gasteiger charge is 2.47. The second kappa shape index (κ2) is 7.00. The Morgan fingerprint density at radius 1 is 1.21 bits per heavy atom. The van der Waals surface area contributed by atoms with Gasteiger partial charge in [0.05, 0.1) is 5.92 Å². The van der Waals surface area contributed by atoms with Gasteiger partial charge in [0, 0.05) is 19.5 Å². The summed E-state index contributed by atoms with van der Waals surface area (Å²) in [5.74, 6) is -3.68. The molecule has 0 fully saturated rings. The summed E-state index contributed by atoms with van der Waals surface area (Å²) >= 11 is 0. The number of carbonyl (C=O) groups is 1. The maximum absolute atomic E-state index is 13.6. The van der Waals surface area contributed by atoms with Crippen molar-refractivity contribution < 1.29 is 13.6 Å². The van der Waals surface area contributed by atoms with Crippen LogP contribution in [0.2, 0.25) is 0 Å². The van der Waals surface area contributed by atoms with Gasteiger partial charge < -0.3 is 5.73 Å². The van der Waals surface area contributed by atoms with Crippen molar-refractivity contribution in [3.8, 4) is 0 Å². The number of carbonyl (C=O) groups excluding carboxylic acids is 1. The topological polar surface area (TPSA) is 58.7 Å². The lowest BCUT2D eigenvalue weighted by Gasteiger charge is -2.41. The van der Waals surface area contributed by atoms with Gasteiger partial charge in [0.1, 0.15) is 5.54 Å². The molecule has 3 rings (SSSR count). The molecule has 1 aliphatic heterocycles. The Hall–Kier alpha value is -2.76. The lowest BCUT2D eigenvalue weighted by molar-refractivity contribution is -0.130. The standard InChI is InChI=1S/C22H25F2N3O/c1-5-14-7-6-8-17(13-14)21(2)18(19(28)27(4)20(25)26-21)15-9-11-16(12-10-15)22(3,23)24/h6-13,18H,5H2,1-4H3,(H2,25,26)/t18-,21-/m1/s1. The second-order valence-electron chi connectivity index (χ2n) is 7.51. The summed E-state index contributed by atoms with van der Waals surface area (Å²) in [5.41, 5.74) is 7.62. The van der Waals surface area contributed by atoms with E-state index in [4.69, 9.17) is 5.73 Å². The molecule has 1 aliphatic rings. The van der Waals surface area contributed by atoms with E-state index in [0.717, 1.165) is 24.5 Å². The third-order valence-electron chi connectivity index (χ3n) is 5.50. The highest BCUT2D eigenvalue weighted by atomic mass is 19.3. The molecule has 2 N–H and O–H groups in total. The molecule has 2 aromatic carbocycles. The molecule has 1 amide bonds. The molecular formula is C22H25F2N3O. The van der Waals surface area contributed by atoms with E-state index in [9.17, 15) is 13.6 Å². The first-order chi connectivity index (χ1) is 13.1. The zero-order chi connectivity index (χ0) is 20.7. The van der Waals surface area contributed by atoms with Crippen LogP contribution in [0.3, 0.4) is 0 Å². The Morgan fingerprint density at radius 2 is 1.86 bits per heavy atom. The maximum atomic E-state index is 13.6. The summed E-state index contributed by atoms with van der Waals surface area (Å²) in [6, 6.07) is 13.8. The van der Waals surface area contributed by atoms with E-state index in [1.54, 1.807) is 19.2 Å². The number of benzene rings is 2. The lowest BCUT2D eigenvalue weighted by atomic mass is 9.74. The Balaban J connectivity index is 2.16. The van der Waals surface area contributed by atoms with Gasteiger partial charge >= 0.3 is 0 Å². The number of nitrogens with zero attached hydrogens (tertiary/aromatic N) is 2. The van der Waals surface area contributed by atoms with Gasteiger partial charge in [0.2, 0.25) is 5.91 Å². The van der Waals surface area contributed by atoms with Crippen LogP contribution in [0.4, 0.5) is 8.78 Å². The van der Waals surface area contributed by atoms with E-state index < -0.39 is 17.4 Å². The minimum atomic E-state index is -2.94. The third kappa shape index (κ3) is 3.39. The molecule has 0 bridgehead atoms. The van der Waals surface area contributed by atoms with Crippen LogP contribution in [0.1, 0.15) is 48.9 Å². The van der Waals surface area contributed by atoms with E-state index in [1.165, 1.54) is 17.0 Å². The van der Waals surface area contributed by atoms with Crippen molar-refractivity contribution in [2.45, 2.75) is 44.6 Å². The van der Waals surface area contributed by atoms with Crippen LogP contribution >= 0.6 is 0 Å². The number of aliphatic imine (C=N–C) groups is 1. The molecule has 0 aliphatic carbocycles. The molecule has 0 unspecified atom stereocenters. The van der Waals surface area contributed by atoms with Crippen molar-refractivity contribution in [2.24, 2.45) is 10.7 Å². The van der Waals surface area contributed by atoms with E-state index in [-0.39, 0.29) is 17.4 Å². The number of aryl methyl sites for hydroxylation is 1. The van der Waals surface area contributed by atoms with Crippen molar-refractivity contribution >= 4 is 11.9 Å². The second-order valence-corrected chi connectivity index (χ2v) is 7.51. The number of likely N-dealkylation sites (N-methyl/N-ethyl adjacent to an activating group) is 1. The minimum Gasteiger partial charge on any atom is -0.369 e. The number of halogens is 2. The summed E-state index contributed by atoms with van der Waals surface area (Å²) in [5, 5.41) is 0. The van der Waals surface area contributed by atoms with Crippen molar-refractivity contribution in [3.05, 3.63) is 70.8 Å². The van der Waals surface area contributed by atoms with Gasteiger partial charge in [-0.3, -0.25) is 9.69 Å². The quantitative estimate of drug-likeness (QED) is 0.860. The van der Waals surface area contributed by atoms with Crippen LogP contribution in [0.5, 0.6) is 0 Å². The molecule has 6 heteroatoms. The highest BCUT2D eigenvalue weighted by molar-refractivity contribution is 6.02. The Kier molecular flexibility index (Phi) is 5.00. The van der Waals surface area contributed by atoms with Crippen LogP contribution in [-0.4, -0.2) is 23.8 Å². The van der Waals surface area contributed by atoms with E-state index >= 15 is 0 Å². The SMILES string of the molecule is CCc1cccc([C@@]2(C)N=C(N)N(C)C(=O)[C@H]2c2ccc(C(C)(F)F)cc2)c1. The largest absolute Gasteiger partial charge is 0.369 e. The first-order valence-corrected chi connectivity index (χ1v) is 9.28. The van der Waals surface area contributed by atoms with Crippen LogP contribution in [0.25, 0.3) is 0 Å². The number of alkyl halides is 2. The van der Waals surface area contributed by atoms with E-state index in [2.05, 4.69) is 11.9 Å². The highest BCUT2D eigenvalue weighted by Crippen LogP contribution is 2.44. The fraction of sp³-hybridized carbons (Fsp3) is 0.364. The molecule has 1 heterocycles. The summed E-state index contributed by atoms with van der Waals surface area (Å²) in [6.45, 7) is 4.78. The first-order valence-electron chi connectivity index (χ1n) is 9.28. The molecule has 0 spiro atoms. The van der Waals surface area contributed by atoms with Gasteiger partial charge in [0.25, 0.3) is 5.92 Å². The van der Waals surface area contributed by atoms with E-state index in [1.807, 2.05) is 31.2 Å². The van der Waals surface area contributed by atoms with Crippen molar-refractivity contribution in [2.75, 3.05) is 7.05 Å². The average molecular weight is 385 g/mol. The van der Waals surface area contributed by atoms with Gasteiger partial charge in [-0.25, -0.2) is 13.8 Å². The molecule has 0 radical (unpaired) electrons. The number of rotatable bonds is 4. The normalized spacial score (nSPS) is 22.9. The number of hydrogen-bond acceptors (Lipinski definition) is 3. The Bertz CT molecular complexity index is 918. The number of hydrogen-bond donors (Lipinski definition) is 1. The number of nitrogens with two attached hydrogens (primary N) is 1. The van der Waals surface area contributed by atoms with Crippen LogP contribution < -0.4 is 5.73 Å². The summed E-state index contributed by atoms with van der Waals surface area (Å²) < 4.78 is 27.2. The fourth-order valence-corrected chi connectivity index (χ4v) is 3.70. The molecular weight excluding hydrogens is 360 g/mol.